The number of benzene rings is 6. The number of amidine groups is 2. The number of rotatable bonds is 7. The van der Waals surface area contributed by atoms with Crippen LogP contribution in [0.1, 0.15) is 33.4 Å². The Morgan fingerprint density at radius 1 is 0.462 bits per heavy atom. The van der Waals surface area contributed by atoms with Gasteiger partial charge in [0.1, 0.15) is 0 Å². The van der Waals surface area contributed by atoms with Gasteiger partial charge in [-0.15, -0.1) is 0 Å². The van der Waals surface area contributed by atoms with Crippen molar-refractivity contribution < 1.29 is 25.6 Å². The zero-order valence-corrected chi connectivity index (χ0v) is 32.0. The van der Waals surface area contributed by atoms with E-state index in [4.69, 9.17) is 24.4 Å². The van der Waals surface area contributed by atoms with Crippen LogP contribution in [0.4, 0.5) is 0 Å². The van der Waals surface area contributed by atoms with E-state index in [-0.39, 0.29) is 0 Å². The minimum atomic E-state index is -0.736. The SMILES string of the molecule is C1=C(c2cc(C3=NC(c4ccccc4)=NC(c4ccccc4)=I3)cc(-c3coc4ccccc34)c2)N=C(c2ccccc2)N=C(c2ccccc2)[I-]1. The fraction of sp³-hybridized carbons (Fsp3) is 0. The second-order valence-electron chi connectivity index (χ2n) is 12.1. The van der Waals surface area contributed by atoms with Crippen molar-refractivity contribution in [2.45, 2.75) is 0 Å². The summed E-state index contributed by atoms with van der Waals surface area (Å²) in [5.41, 5.74) is 10.2. The van der Waals surface area contributed by atoms with Crippen LogP contribution in [0.3, 0.4) is 0 Å². The Balaban J connectivity index is 1.24. The van der Waals surface area contributed by atoms with Crippen molar-refractivity contribution in [3.05, 3.63) is 208 Å². The zero-order valence-electron chi connectivity index (χ0n) is 27.7. The predicted octanol–water partition coefficient (Wildman–Crippen LogP) is 7.75. The Kier molecular flexibility index (Phi) is 9.18. The number of hydrogen-bond acceptors (Lipinski definition) is 5. The third-order valence-corrected chi connectivity index (χ3v) is 13.7. The summed E-state index contributed by atoms with van der Waals surface area (Å²) >= 11 is -1.36. The van der Waals surface area contributed by atoms with E-state index in [1.807, 2.05) is 66.9 Å². The molecular weight excluding hydrogens is 866 g/mol. The number of hydrogen-bond donors (Lipinski definition) is 0. The standard InChI is InChI=1S/C45H29I2N4O/c1-5-15-30(16-6-1)41-46-28-39(48-44(49-41)32-19-9-3-10-20-32)35-25-34(38-29-52-40-24-14-13-23-37(38)40)26-36(27-35)43-47-42(31-17-7-2-8-18-31)50-45(51-43)33-21-11-4-12-22-33/h1-29H/q-1. The molecule has 0 fully saturated rings. The summed E-state index contributed by atoms with van der Waals surface area (Å²) in [7, 11) is 0. The number of halogens is 2. The van der Waals surface area contributed by atoms with Gasteiger partial charge in [0.25, 0.3) is 0 Å². The van der Waals surface area contributed by atoms with E-state index >= 15 is 0 Å². The van der Waals surface area contributed by atoms with Gasteiger partial charge in [-0.2, -0.15) is 0 Å². The van der Waals surface area contributed by atoms with Gasteiger partial charge >= 0.3 is 324 Å². The quantitative estimate of drug-likeness (QED) is 0.151. The van der Waals surface area contributed by atoms with Gasteiger partial charge < -0.3 is 0 Å². The second-order valence-corrected chi connectivity index (χ2v) is 16.9. The van der Waals surface area contributed by atoms with Gasteiger partial charge in [-0.3, -0.25) is 0 Å². The van der Waals surface area contributed by atoms with Crippen LogP contribution in [0.2, 0.25) is 0 Å². The van der Waals surface area contributed by atoms with Gasteiger partial charge in [0.2, 0.25) is 0 Å². The van der Waals surface area contributed by atoms with Crippen LogP contribution in [0.25, 0.3) is 27.8 Å². The van der Waals surface area contributed by atoms with E-state index in [9.17, 15) is 0 Å². The first kappa shape index (κ1) is 32.5. The first-order valence-electron chi connectivity index (χ1n) is 16.8. The molecule has 0 aliphatic carbocycles. The summed E-state index contributed by atoms with van der Waals surface area (Å²) in [5, 5.41) is 1.07. The summed E-state index contributed by atoms with van der Waals surface area (Å²) in [6.45, 7) is 0. The summed E-state index contributed by atoms with van der Waals surface area (Å²) in [6, 6.07) is 56.5. The topological polar surface area (TPSA) is 62.6 Å². The van der Waals surface area contributed by atoms with E-state index in [1.54, 1.807) is 0 Å². The number of nitrogens with zero attached hydrogens (tertiary/aromatic N) is 4. The van der Waals surface area contributed by atoms with Gasteiger partial charge in [-0.1, -0.05) is 0 Å². The molecule has 0 saturated carbocycles. The molecule has 6 aromatic carbocycles. The van der Waals surface area contributed by atoms with Crippen LogP contribution < -0.4 is 21.2 Å². The molecule has 9 rings (SSSR count). The Morgan fingerprint density at radius 3 is 1.71 bits per heavy atom. The second kappa shape index (κ2) is 14.7. The molecule has 0 spiro atoms. The summed E-state index contributed by atoms with van der Waals surface area (Å²) in [6.07, 6.45) is 1.87. The first-order chi connectivity index (χ1) is 25.7. The Labute approximate surface area is 322 Å². The van der Waals surface area contributed by atoms with Crippen LogP contribution in [-0.2, 0) is 0 Å². The number of furan rings is 1. The van der Waals surface area contributed by atoms with Crippen molar-refractivity contribution in [2.24, 2.45) is 20.0 Å². The van der Waals surface area contributed by atoms with E-state index in [1.165, 1.54) is 0 Å². The van der Waals surface area contributed by atoms with Crippen molar-refractivity contribution in [1.29, 1.82) is 0 Å². The number of para-hydroxylation sites is 1. The van der Waals surface area contributed by atoms with Gasteiger partial charge in [0.15, 0.2) is 0 Å². The molecule has 0 unspecified atom stereocenters. The molecule has 1 aromatic heterocycles. The zero-order chi connectivity index (χ0) is 34.7. The molecule has 0 N–H and O–H groups in total. The molecule has 250 valence electrons. The molecule has 0 saturated heterocycles. The summed E-state index contributed by atoms with van der Waals surface area (Å²) in [4.78, 5) is 21.0. The first-order valence-corrected chi connectivity index (χ1v) is 21.3. The molecule has 2 aliphatic heterocycles. The third-order valence-electron chi connectivity index (χ3n) is 8.63. The van der Waals surface area contributed by atoms with Gasteiger partial charge in [-0.25, -0.2) is 0 Å². The Morgan fingerprint density at radius 2 is 1.02 bits per heavy atom. The Bertz CT molecular complexity index is 2580. The normalized spacial score (nSPS) is 14.7. The van der Waals surface area contributed by atoms with E-state index in [0.29, 0.717) is 5.84 Å². The Hall–Kier alpha value is -5.39. The molecule has 7 aromatic rings. The molecule has 0 radical (unpaired) electrons. The molecule has 7 heteroatoms. The molecule has 52 heavy (non-hydrogen) atoms. The number of fused-ring (bicyclic) bond motifs is 1. The third kappa shape index (κ3) is 6.81. The summed E-state index contributed by atoms with van der Waals surface area (Å²) in [5.74, 6) is 1.44. The van der Waals surface area contributed by atoms with Crippen molar-refractivity contribution in [2.75, 3.05) is 0 Å². The van der Waals surface area contributed by atoms with Gasteiger partial charge in [0, 0.05) is 0 Å². The van der Waals surface area contributed by atoms with E-state index < -0.39 is 41.9 Å². The minimum absolute atomic E-state index is 0.620. The van der Waals surface area contributed by atoms with Gasteiger partial charge in [-0.05, 0) is 0 Å². The molecule has 3 heterocycles. The van der Waals surface area contributed by atoms with Crippen molar-refractivity contribution in [3.63, 3.8) is 0 Å². The van der Waals surface area contributed by atoms with Crippen LogP contribution in [-0.4, -0.2) is 22.7 Å². The molecule has 2 aliphatic rings. The molecular formula is C45H29I2N4O-. The van der Waals surface area contributed by atoms with Crippen LogP contribution in [0, 0.1) is 0 Å². The maximum atomic E-state index is 6.08. The van der Waals surface area contributed by atoms with E-state index in [0.717, 1.165) is 78.1 Å². The molecule has 0 bridgehead atoms. The average molecular weight is 896 g/mol. The average Bonchev–Trinajstić information content (AvgIpc) is 3.53. The van der Waals surface area contributed by atoms with Crippen molar-refractivity contribution in [1.82, 2.24) is 0 Å². The monoisotopic (exact) mass is 895 g/mol. The predicted molar refractivity (Wildman–Crippen MR) is 220 cm³/mol. The van der Waals surface area contributed by atoms with Crippen molar-refractivity contribution >= 4 is 60.1 Å². The molecule has 0 amide bonds. The summed E-state index contributed by atoms with van der Waals surface area (Å²) < 4.78 is 11.6. The number of aliphatic imine (C=N–C) groups is 4. The van der Waals surface area contributed by atoms with Crippen LogP contribution in [0.15, 0.2) is 199 Å². The molecule has 0 atom stereocenters. The van der Waals surface area contributed by atoms with Crippen LogP contribution >= 0.6 is 20.7 Å². The maximum absolute atomic E-state index is 6.08. The van der Waals surface area contributed by atoms with E-state index in [2.05, 4.69) is 107 Å². The fourth-order valence-corrected chi connectivity index (χ4v) is 10.7. The van der Waals surface area contributed by atoms with Crippen LogP contribution in [0.5, 0.6) is 0 Å². The molecule has 5 nitrogen and oxygen atoms in total. The fourth-order valence-electron chi connectivity index (χ4n) is 6.05. The van der Waals surface area contributed by atoms with Gasteiger partial charge in [0.05, 0.1) is 0 Å². The van der Waals surface area contributed by atoms with Crippen molar-refractivity contribution in [3.8, 4) is 11.1 Å².